The number of furan rings is 1. The van der Waals surface area contributed by atoms with Crippen LogP contribution >= 0.6 is 0 Å². The third-order valence-corrected chi connectivity index (χ3v) is 5.27. The summed E-state index contributed by atoms with van der Waals surface area (Å²) < 4.78 is 13.4. The lowest BCUT2D eigenvalue weighted by molar-refractivity contribution is -0.0260. The summed E-state index contributed by atoms with van der Waals surface area (Å²) in [6, 6.07) is 4.22. The molecule has 1 aliphatic carbocycles. The first-order valence-corrected chi connectivity index (χ1v) is 9.28. The van der Waals surface area contributed by atoms with Gasteiger partial charge in [-0.3, -0.25) is 9.69 Å². The maximum Gasteiger partial charge on any atom is 0.293 e. The minimum atomic E-state index is -0.127. The molecule has 1 saturated heterocycles. The largest absolute Gasteiger partial charge is 0.464 e. The van der Waals surface area contributed by atoms with Gasteiger partial charge in [-0.05, 0) is 24.5 Å². The molecular weight excluding hydrogens is 332 g/mol. The zero-order chi connectivity index (χ0) is 18.1. The number of hydrogen-bond acceptors (Lipinski definition) is 6. The van der Waals surface area contributed by atoms with Gasteiger partial charge in [-0.1, -0.05) is 6.92 Å². The Balaban J connectivity index is 1.30. The molecule has 1 saturated carbocycles. The van der Waals surface area contributed by atoms with Crippen molar-refractivity contribution in [2.75, 3.05) is 31.6 Å². The van der Waals surface area contributed by atoms with Crippen LogP contribution in [0, 0.1) is 5.92 Å². The van der Waals surface area contributed by atoms with Gasteiger partial charge < -0.3 is 19.0 Å². The molecule has 0 radical (unpaired) electrons. The summed E-state index contributed by atoms with van der Waals surface area (Å²) in [6.07, 6.45) is 4.53. The Morgan fingerprint density at radius 1 is 1.38 bits per heavy atom. The fraction of sp³-hybridized carbons (Fsp3) is 0.579. The van der Waals surface area contributed by atoms with E-state index < -0.39 is 0 Å². The first-order chi connectivity index (χ1) is 12.6. The lowest BCUT2D eigenvalue weighted by Gasteiger charge is -2.32. The van der Waals surface area contributed by atoms with E-state index in [0.717, 1.165) is 37.1 Å². The Kier molecular flexibility index (Phi) is 4.82. The lowest BCUT2D eigenvalue weighted by Crippen LogP contribution is -2.45. The van der Waals surface area contributed by atoms with Crippen LogP contribution in [0.15, 0.2) is 33.7 Å². The zero-order valence-corrected chi connectivity index (χ0v) is 15.4. The molecule has 0 amide bonds. The van der Waals surface area contributed by atoms with E-state index in [2.05, 4.69) is 34.3 Å². The second kappa shape index (κ2) is 7.25. The fourth-order valence-electron chi connectivity index (χ4n) is 3.49. The second-order valence-electron chi connectivity index (χ2n) is 7.42. The van der Waals surface area contributed by atoms with E-state index in [-0.39, 0.29) is 11.7 Å². The number of nitrogens with zero attached hydrogens (tertiary/aromatic N) is 3. The Morgan fingerprint density at radius 3 is 3.04 bits per heavy atom. The van der Waals surface area contributed by atoms with Crippen molar-refractivity contribution in [1.29, 1.82) is 0 Å². The number of aryl methyl sites for hydroxylation is 1. The average Bonchev–Trinajstić information content (AvgIpc) is 3.18. The summed E-state index contributed by atoms with van der Waals surface area (Å²) in [5, 5.41) is 3.12. The van der Waals surface area contributed by atoms with Crippen molar-refractivity contribution in [3.8, 4) is 0 Å². The summed E-state index contributed by atoms with van der Waals surface area (Å²) in [5.41, 5.74) is -0.127. The molecule has 2 aliphatic rings. The predicted molar refractivity (Wildman–Crippen MR) is 98.2 cm³/mol. The molecule has 7 heteroatoms. The highest BCUT2D eigenvalue weighted by Gasteiger charge is 2.36. The first kappa shape index (κ1) is 17.3. The highest BCUT2D eigenvalue weighted by molar-refractivity contribution is 5.30. The molecule has 1 aliphatic heterocycles. The minimum absolute atomic E-state index is 0.0216. The van der Waals surface area contributed by atoms with Crippen molar-refractivity contribution in [2.45, 2.75) is 31.9 Å². The summed E-state index contributed by atoms with van der Waals surface area (Å²) in [6.45, 7) is 5.99. The van der Waals surface area contributed by atoms with Crippen LogP contribution in [0.4, 0.5) is 5.82 Å². The van der Waals surface area contributed by atoms with Gasteiger partial charge in [0.25, 0.3) is 5.56 Å². The molecule has 3 atom stereocenters. The van der Waals surface area contributed by atoms with Crippen molar-refractivity contribution in [2.24, 2.45) is 13.0 Å². The first-order valence-electron chi connectivity index (χ1n) is 9.28. The molecule has 7 nitrogen and oxygen atoms in total. The molecule has 0 aromatic carbocycles. The number of hydrogen-bond donors (Lipinski definition) is 1. The van der Waals surface area contributed by atoms with Crippen molar-refractivity contribution in [3.05, 3.63) is 46.4 Å². The van der Waals surface area contributed by atoms with E-state index >= 15 is 0 Å². The van der Waals surface area contributed by atoms with E-state index in [4.69, 9.17) is 9.15 Å². The minimum Gasteiger partial charge on any atom is -0.464 e. The van der Waals surface area contributed by atoms with E-state index in [0.29, 0.717) is 24.9 Å². The van der Waals surface area contributed by atoms with Crippen LogP contribution in [0.2, 0.25) is 0 Å². The normalized spacial score (nSPS) is 26.0. The Hall–Kier alpha value is -2.12. The summed E-state index contributed by atoms with van der Waals surface area (Å²) in [4.78, 5) is 18.5. The number of aromatic nitrogens is 2. The number of rotatable bonds is 6. The van der Waals surface area contributed by atoms with Crippen LogP contribution in [0.3, 0.4) is 0 Å². The van der Waals surface area contributed by atoms with Gasteiger partial charge in [-0.2, -0.15) is 0 Å². The van der Waals surface area contributed by atoms with Gasteiger partial charge in [0, 0.05) is 45.0 Å². The van der Waals surface area contributed by atoms with Crippen molar-refractivity contribution in [1.82, 2.24) is 14.5 Å². The second-order valence-corrected chi connectivity index (χ2v) is 7.42. The maximum absolute atomic E-state index is 12.0. The third-order valence-electron chi connectivity index (χ3n) is 5.27. The molecule has 140 valence electrons. The quantitative estimate of drug-likeness (QED) is 0.849. The molecule has 3 heterocycles. The fourth-order valence-corrected chi connectivity index (χ4v) is 3.49. The van der Waals surface area contributed by atoms with Crippen molar-refractivity contribution >= 4 is 5.82 Å². The number of ether oxygens (including phenoxy) is 1. The Labute approximate surface area is 153 Å². The summed E-state index contributed by atoms with van der Waals surface area (Å²) >= 11 is 0. The lowest BCUT2D eigenvalue weighted by atomic mass is 10.2. The van der Waals surface area contributed by atoms with Crippen LogP contribution < -0.4 is 10.9 Å². The molecule has 2 aromatic heterocycles. The summed E-state index contributed by atoms with van der Waals surface area (Å²) in [5.74, 6) is 3.89. The van der Waals surface area contributed by atoms with Gasteiger partial charge in [-0.15, -0.1) is 0 Å². The smallest absolute Gasteiger partial charge is 0.293 e. The van der Waals surface area contributed by atoms with Crippen LogP contribution in [0.5, 0.6) is 0 Å². The SMILES string of the molecule is C[C@@H]1C[C@@H]1c1ccc(CN2CCO[C@H](CNc3nccn(C)c3=O)C2)o1. The van der Waals surface area contributed by atoms with Crippen LogP contribution in [-0.2, 0) is 18.3 Å². The number of anilines is 1. The van der Waals surface area contributed by atoms with Gasteiger partial charge in [0.15, 0.2) is 5.82 Å². The standard InChI is InChI=1S/C19H26N4O3/c1-13-9-16(13)17-4-3-14(26-17)11-23-7-8-25-15(12-23)10-21-18-19(24)22(2)6-5-20-18/h3-6,13,15-16H,7-12H2,1-2H3,(H,20,21)/t13-,15-,16+/m1/s1. The molecule has 2 fully saturated rings. The van der Waals surface area contributed by atoms with Gasteiger partial charge in [0.1, 0.15) is 11.5 Å². The topological polar surface area (TPSA) is 72.5 Å². The molecule has 0 unspecified atom stereocenters. The monoisotopic (exact) mass is 358 g/mol. The molecule has 1 N–H and O–H groups in total. The van der Waals surface area contributed by atoms with Gasteiger partial charge in [0.05, 0.1) is 19.3 Å². The maximum atomic E-state index is 12.0. The Bertz CT molecular complexity index is 815. The highest BCUT2D eigenvalue weighted by Crippen LogP contribution is 2.47. The van der Waals surface area contributed by atoms with E-state index in [1.54, 1.807) is 19.4 Å². The zero-order valence-electron chi connectivity index (χ0n) is 15.4. The van der Waals surface area contributed by atoms with Gasteiger partial charge in [-0.25, -0.2) is 4.98 Å². The molecule has 0 spiro atoms. The number of nitrogens with one attached hydrogen (secondary N) is 1. The van der Waals surface area contributed by atoms with Gasteiger partial charge >= 0.3 is 0 Å². The molecule has 2 aromatic rings. The predicted octanol–water partition coefficient (Wildman–Crippen LogP) is 1.81. The molecular formula is C19H26N4O3. The van der Waals surface area contributed by atoms with E-state index in [1.807, 2.05) is 0 Å². The molecule has 4 rings (SSSR count). The van der Waals surface area contributed by atoms with Gasteiger partial charge in [0.2, 0.25) is 0 Å². The van der Waals surface area contributed by atoms with Crippen LogP contribution in [0.1, 0.15) is 30.8 Å². The summed E-state index contributed by atoms with van der Waals surface area (Å²) in [7, 11) is 1.72. The third kappa shape index (κ3) is 3.83. The number of morpholine rings is 1. The molecule has 0 bridgehead atoms. The van der Waals surface area contributed by atoms with E-state index in [9.17, 15) is 4.79 Å². The Morgan fingerprint density at radius 2 is 2.23 bits per heavy atom. The van der Waals surface area contributed by atoms with E-state index in [1.165, 1.54) is 11.0 Å². The molecule has 26 heavy (non-hydrogen) atoms. The van der Waals surface area contributed by atoms with Crippen molar-refractivity contribution in [3.63, 3.8) is 0 Å². The van der Waals surface area contributed by atoms with Crippen molar-refractivity contribution < 1.29 is 9.15 Å². The van der Waals surface area contributed by atoms with Crippen LogP contribution in [-0.4, -0.2) is 46.8 Å². The van der Waals surface area contributed by atoms with Crippen LogP contribution in [0.25, 0.3) is 0 Å². The average molecular weight is 358 g/mol. The highest BCUT2D eigenvalue weighted by atomic mass is 16.5.